The SMILES string of the molecule is CC(C)(C)OC(=O)C[C@H]1CCCCC/C=C\[C@@H]2C[C@@]2(C(=O)NS(=O)(=O)C(C)(C)C)NC(=O)[C@@H]2C[C@@H](OC(=O)N3Cc4ccccc4C3)CN2C1=O. The van der Waals surface area contributed by atoms with Crippen molar-refractivity contribution in [1.29, 1.82) is 0 Å². The molecule has 14 heteroatoms. The Labute approximate surface area is 300 Å². The first-order chi connectivity index (χ1) is 23.8. The highest BCUT2D eigenvalue weighted by Crippen LogP contribution is 2.46. The molecule has 4 aliphatic rings. The van der Waals surface area contributed by atoms with Gasteiger partial charge in [0.15, 0.2) is 0 Å². The molecule has 13 nitrogen and oxygen atoms in total. The fourth-order valence-corrected chi connectivity index (χ4v) is 7.66. The van der Waals surface area contributed by atoms with Crippen molar-refractivity contribution in [2.75, 3.05) is 6.54 Å². The first kappa shape index (κ1) is 38.3. The van der Waals surface area contributed by atoms with Gasteiger partial charge in [0.05, 0.1) is 17.7 Å². The molecule has 3 aliphatic heterocycles. The highest BCUT2D eigenvalue weighted by Gasteiger charge is 2.62. The molecule has 0 unspecified atom stereocenters. The quantitative estimate of drug-likeness (QED) is 0.335. The summed E-state index contributed by atoms with van der Waals surface area (Å²) < 4.78 is 38.4. The zero-order chi connectivity index (χ0) is 37.4. The monoisotopic (exact) mass is 728 g/mol. The molecule has 1 aromatic rings. The number of nitrogens with one attached hydrogen (secondary N) is 2. The number of allylic oxidation sites excluding steroid dienone is 1. The topological polar surface area (TPSA) is 168 Å². The fourth-order valence-electron chi connectivity index (χ4n) is 6.93. The van der Waals surface area contributed by atoms with Crippen LogP contribution in [0.4, 0.5) is 4.79 Å². The van der Waals surface area contributed by atoms with Crippen molar-refractivity contribution in [3.05, 3.63) is 47.5 Å². The molecule has 1 aliphatic carbocycles. The Morgan fingerprint density at radius 1 is 1.00 bits per heavy atom. The lowest BCUT2D eigenvalue weighted by molar-refractivity contribution is -0.159. The van der Waals surface area contributed by atoms with Crippen LogP contribution in [0.2, 0.25) is 0 Å². The van der Waals surface area contributed by atoms with Crippen LogP contribution < -0.4 is 10.0 Å². The minimum absolute atomic E-state index is 0.0399. The lowest BCUT2D eigenvalue weighted by Crippen LogP contribution is -2.58. The number of amides is 4. The molecule has 2 fully saturated rings. The lowest BCUT2D eigenvalue weighted by atomic mass is 9.95. The maximum Gasteiger partial charge on any atom is 0.410 e. The van der Waals surface area contributed by atoms with E-state index in [1.54, 1.807) is 25.7 Å². The lowest BCUT2D eigenvalue weighted by Gasteiger charge is -2.30. The summed E-state index contributed by atoms with van der Waals surface area (Å²) >= 11 is 0. The number of esters is 1. The Morgan fingerprint density at radius 3 is 2.29 bits per heavy atom. The van der Waals surface area contributed by atoms with Gasteiger partial charge in [0.25, 0.3) is 5.91 Å². The number of carbonyl (C=O) groups is 5. The molecule has 0 aromatic heterocycles. The second-order valence-corrected chi connectivity index (χ2v) is 18.7. The molecule has 0 spiro atoms. The molecule has 4 amide bonds. The van der Waals surface area contributed by atoms with Gasteiger partial charge in [-0.25, -0.2) is 13.2 Å². The maximum atomic E-state index is 14.4. The summed E-state index contributed by atoms with van der Waals surface area (Å²) in [5.41, 5.74) is -0.281. The molecule has 3 heterocycles. The van der Waals surface area contributed by atoms with Crippen LogP contribution in [0.25, 0.3) is 0 Å². The molecule has 5 rings (SSSR count). The molecule has 1 saturated carbocycles. The number of sulfonamides is 1. The normalized spacial score (nSPS) is 27.9. The van der Waals surface area contributed by atoms with E-state index < -0.39 is 79.7 Å². The van der Waals surface area contributed by atoms with Crippen molar-refractivity contribution in [1.82, 2.24) is 19.8 Å². The molecule has 280 valence electrons. The van der Waals surface area contributed by atoms with Gasteiger partial charge < -0.3 is 19.7 Å². The van der Waals surface area contributed by atoms with E-state index in [1.807, 2.05) is 36.4 Å². The van der Waals surface area contributed by atoms with E-state index in [4.69, 9.17) is 9.47 Å². The predicted molar refractivity (Wildman–Crippen MR) is 188 cm³/mol. The van der Waals surface area contributed by atoms with Gasteiger partial charge in [-0.3, -0.25) is 28.8 Å². The van der Waals surface area contributed by atoms with Crippen molar-refractivity contribution in [2.24, 2.45) is 11.8 Å². The predicted octanol–water partition coefficient (Wildman–Crippen LogP) is 4.10. The molecule has 0 radical (unpaired) electrons. The summed E-state index contributed by atoms with van der Waals surface area (Å²) in [6, 6.07) is 6.55. The minimum atomic E-state index is -4.10. The van der Waals surface area contributed by atoms with Gasteiger partial charge >= 0.3 is 12.1 Å². The van der Waals surface area contributed by atoms with E-state index in [9.17, 15) is 32.4 Å². The second-order valence-electron chi connectivity index (χ2n) is 16.2. The Balaban J connectivity index is 1.42. The molecule has 5 atom stereocenters. The van der Waals surface area contributed by atoms with Gasteiger partial charge in [-0.15, -0.1) is 0 Å². The van der Waals surface area contributed by atoms with E-state index in [0.29, 0.717) is 32.4 Å². The Kier molecular flexibility index (Phi) is 11.0. The molecular weight excluding hydrogens is 676 g/mol. The largest absolute Gasteiger partial charge is 0.460 e. The second kappa shape index (κ2) is 14.6. The van der Waals surface area contributed by atoms with Gasteiger partial charge in [-0.05, 0) is 78.4 Å². The highest BCUT2D eigenvalue weighted by atomic mass is 32.2. The van der Waals surface area contributed by atoms with Crippen LogP contribution in [-0.2, 0) is 51.8 Å². The number of nitrogens with zero attached hydrogens (tertiary/aromatic N) is 2. The summed E-state index contributed by atoms with van der Waals surface area (Å²) in [6.45, 7) is 10.3. The fraction of sp³-hybridized carbons (Fsp3) is 0.649. The van der Waals surface area contributed by atoms with Gasteiger partial charge in [0.2, 0.25) is 21.8 Å². The molecule has 2 N–H and O–H groups in total. The minimum Gasteiger partial charge on any atom is -0.460 e. The van der Waals surface area contributed by atoms with Crippen molar-refractivity contribution in [3.63, 3.8) is 0 Å². The van der Waals surface area contributed by atoms with E-state index in [0.717, 1.165) is 24.0 Å². The van der Waals surface area contributed by atoms with Crippen LogP contribution in [0, 0.1) is 11.8 Å². The standard InChI is InChI=1S/C37H52N4O9S/c1-35(2,3)50-30(42)18-24-14-10-8-7-9-11-17-27-20-37(27,33(45)39-51(47,48)36(4,5)6)38-31(43)29-19-28(23-41(29)32(24)44)49-34(46)40-21-25-15-12-13-16-26(25)22-40/h11-13,15-17,24,27-29H,7-10,14,18-23H2,1-6H3,(H,38,43)(H,39,45)/b17-11-/t24-,27-,28-,29+,37-/m1/s1. The molecule has 1 aromatic carbocycles. The molecule has 51 heavy (non-hydrogen) atoms. The first-order valence-corrected chi connectivity index (χ1v) is 19.4. The van der Waals surface area contributed by atoms with Crippen LogP contribution in [0.5, 0.6) is 0 Å². The van der Waals surface area contributed by atoms with E-state index in [-0.39, 0.29) is 25.8 Å². The number of fused-ring (bicyclic) bond motifs is 3. The smallest absolute Gasteiger partial charge is 0.410 e. The highest BCUT2D eigenvalue weighted by molar-refractivity contribution is 7.91. The van der Waals surface area contributed by atoms with E-state index >= 15 is 0 Å². The summed E-state index contributed by atoms with van der Waals surface area (Å²) in [5, 5.41) is 2.83. The Bertz CT molecular complexity index is 1650. The van der Waals surface area contributed by atoms with Crippen molar-refractivity contribution < 1.29 is 41.9 Å². The van der Waals surface area contributed by atoms with Crippen LogP contribution in [0.15, 0.2) is 36.4 Å². The van der Waals surface area contributed by atoms with Gasteiger partial charge in [0, 0.05) is 31.3 Å². The first-order valence-electron chi connectivity index (χ1n) is 17.9. The number of benzene rings is 1. The van der Waals surface area contributed by atoms with Crippen molar-refractivity contribution >= 4 is 39.8 Å². The third-order valence-corrected chi connectivity index (χ3v) is 12.1. The third kappa shape index (κ3) is 8.93. The third-order valence-electron chi connectivity index (χ3n) is 9.99. The molecule has 1 saturated heterocycles. The van der Waals surface area contributed by atoms with Gasteiger partial charge in [-0.1, -0.05) is 49.3 Å². The zero-order valence-electron chi connectivity index (χ0n) is 30.5. The van der Waals surface area contributed by atoms with E-state index in [1.165, 1.54) is 25.7 Å². The number of hydrogen-bond donors (Lipinski definition) is 2. The Morgan fingerprint density at radius 2 is 1.67 bits per heavy atom. The van der Waals surface area contributed by atoms with E-state index in [2.05, 4.69) is 10.0 Å². The van der Waals surface area contributed by atoms with Crippen LogP contribution in [0.3, 0.4) is 0 Å². The van der Waals surface area contributed by atoms with Crippen LogP contribution in [0.1, 0.15) is 104 Å². The summed E-state index contributed by atoms with van der Waals surface area (Å²) in [4.78, 5) is 71.6. The summed E-state index contributed by atoms with van der Waals surface area (Å²) in [5.74, 6) is -3.74. The number of rotatable bonds is 5. The molecule has 0 bridgehead atoms. The number of ether oxygens (including phenoxy) is 2. The Hall–Kier alpha value is -3.94. The maximum absolute atomic E-state index is 14.4. The van der Waals surface area contributed by atoms with Crippen LogP contribution in [-0.4, -0.2) is 82.6 Å². The van der Waals surface area contributed by atoms with Crippen molar-refractivity contribution in [2.45, 2.75) is 134 Å². The average molecular weight is 729 g/mol. The zero-order valence-corrected chi connectivity index (χ0v) is 31.3. The molecular formula is C37H52N4O9S. The number of hydrogen-bond acceptors (Lipinski definition) is 9. The van der Waals surface area contributed by atoms with Gasteiger partial charge in [0.1, 0.15) is 23.3 Å². The summed E-state index contributed by atoms with van der Waals surface area (Å²) in [7, 11) is -4.10. The van der Waals surface area contributed by atoms with Crippen molar-refractivity contribution in [3.8, 4) is 0 Å². The number of carbonyl (C=O) groups excluding carboxylic acids is 5. The average Bonchev–Trinajstić information content (AvgIpc) is 3.33. The van der Waals surface area contributed by atoms with Gasteiger partial charge in [-0.2, -0.15) is 0 Å². The summed E-state index contributed by atoms with van der Waals surface area (Å²) in [6.07, 6.45) is 5.62. The van der Waals surface area contributed by atoms with Crippen LogP contribution >= 0.6 is 0 Å².